The molecule has 2 aromatic heterocycles. The van der Waals surface area contributed by atoms with Crippen molar-refractivity contribution in [3.05, 3.63) is 28.7 Å². The third-order valence-electron chi connectivity index (χ3n) is 2.14. The lowest BCUT2D eigenvalue weighted by Gasteiger charge is -2.06. The Labute approximate surface area is 86.1 Å². The summed E-state index contributed by atoms with van der Waals surface area (Å²) in [6, 6.07) is 1.70. The molecule has 0 aliphatic heterocycles. The molecule has 0 radical (unpaired) electrons. The van der Waals surface area contributed by atoms with E-state index >= 15 is 0 Å². The van der Waals surface area contributed by atoms with Crippen LogP contribution in [0.1, 0.15) is 18.2 Å². The highest BCUT2D eigenvalue weighted by Gasteiger charge is 2.08. The molecule has 0 amide bonds. The van der Waals surface area contributed by atoms with Crippen LogP contribution in [0.25, 0.3) is 5.65 Å². The number of aliphatic hydroxyl groups is 1. The minimum absolute atomic E-state index is 0.0242. The number of rotatable bonds is 2. The quantitative estimate of drug-likeness (QED) is 0.818. The third kappa shape index (κ3) is 1.36. The van der Waals surface area contributed by atoms with E-state index in [2.05, 4.69) is 10.1 Å². The maximum absolute atomic E-state index is 9.10. The van der Waals surface area contributed by atoms with Gasteiger partial charge in [-0.15, -0.1) is 0 Å². The molecular formula is C9H10ClN3O. The zero-order valence-electron chi connectivity index (χ0n) is 7.74. The van der Waals surface area contributed by atoms with Gasteiger partial charge in [-0.1, -0.05) is 18.5 Å². The fourth-order valence-electron chi connectivity index (χ4n) is 1.50. The first kappa shape index (κ1) is 9.43. The van der Waals surface area contributed by atoms with Crippen molar-refractivity contribution < 1.29 is 5.11 Å². The molecule has 0 spiro atoms. The van der Waals surface area contributed by atoms with Gasteiger partial charge in [-0.25, -0.2) is 9.50 Å². The molecule has 0 aliphatic rings. The zero-order valence-corrected chi connectivity index (χ0v) is 8.49. The van der Waals surface area contributed by atoms with Crippen LogP contribution in [0.3, 0.4) is 0 Å². The number of aliphatic hydroxyl groups excluding tert-OH is 1. The third-order valence-corrected chi connectivity index (χ3v) is 2.33. The molecule has 14 heavy (non-hydrogen) atoms. The Morgan fingerprint density at radius 1 is 1.57 bits per heavy atom. The van der Waals surface area contributed by atoms with Crippen LogP contribution in [-0.4, -0.2) is 19.7 Å². The fraction of sp³-hybridized carbons (Fsp3) is 0.333. The first-order valence-corrected chi connectivity index (χ1v) is 4.77. The predicted molar refractivity (Wildman–Crippen MR) is 53.3 cm³/mol. The molecule has 0 aliphatic carbocycles. The van der Waals surface area contributed by atoms with Gasteiger partial charge in [-0.2, -0.15) is 5.10 Å². The van der Waals surface area contributed by atoms with Gasteiger partial charge in [0.15, 0.2) is 10.8 Å². The standard InChI is InChI=1S/C9H10ClN3O/c1-2-7-6(5-14)4-11-9-3-8(10)12-13(7)9/h3-4,14H,2,5H2,1H3. The van der Waals surface area contributed by atoms with Gasteiger partial charge in [0.2, 0.25) is 0 Å². The Hall–Kier alpha value is -1.13. The van der Waals surface area contributed by atoms with Crippen molar-refractivity contribution in [3.63, 3.8) is 0 Å². The molecule has 2 heterocycles. The molecule has 0 fully saturated rings. The molecule has 2 rings (SSSR count). The summed E-state index contributed by atoms with van der Waals surface area (Å²) in [5, 5.41) is 13.6. The Bertz CT molecular complexity index is 466. The van der Waals surface area contributed by atoms with Crippen molar-refractivity contribution in [2.75, 3.05) is 0 Å². The summed E-state index contributed by atoms with van der Waals surface area (Å²) in [7, 11) is 0. The van der Waals surface area contributed by atoms with Gasteiger partial charge in [0.05, 0.1) is 12.3 Å². The van der Waals surface area contributed by atoms with Crippen LogP contribution >= 0.6 is 11.6 Å². The molecule has 5 heteroatoms. The summed E-state index contributed by atoms with van der Waals surface area (Å²) in [4.78, 5) is 4.14. The average Bonchev–Trinajstić information content (AvgIpc) is 2.56. The molecular weight excluding hydrogens is 202 g/mol. The van der Waals surface area contributed by atoms with Crippen LogP contribution in [-0.2, 0) is 13.0 Å². The summed E-state index contributed by atoms with van der Waals surface area (Å²) in [6.45, 7) is 1.98. The second kappa shape index (κ2) is 3.55. The SMILES string of the molecule is CCc1c(CO)cnc2cc(Cl)nn12. The fourth-order valence-corrected chi connectivity index (χ4v) is 1.67. The number of hydrogen-bond acceptors (Lipinski definition) is 3. The predicted octanol–water partition coefficient (Wildman–Crippen LogP) is 1.44. The second-order valence-electron chi connectivity index (χ2n) is 2.98. The zero-order chi connectivity index (χ0) is 10.1. The van der Waals surface area contributed by atoms with Gasteiger partial charge in [-0.3, -0.25) is 0 Å². The van der Waals surface area contributed by atoms with E-state index in [4.69, 9.17) is 16.7 Å². The average molecular weight is 212 g/mol. The van der Waals surface area contributed by atoms with Crippen molar-refractivity contribution in [3.8, 4) is 0 Å². The highest BCUT2D eigenvalue weighted by molar-refractivity contribution is 6.29. The first-order valence-electron chi connectivity index (χ1n) is 4.39. The van der Waals surface area contributed by atoms with Crippen LogP contribution in [0.4, 0.5) is 0 Å². The van der Waals surface area contributed by atoms with Crippen molar-refractivity contribution in [2.24, 2.45) is 0 Å². The van der Waals surface area contributed by atoms with E-state index < -0.39 is 0 Å². The van der Waals surface area contributed by atoms with Crippen molar-refractivity contribution >= 4 is 17.2 Å². The number of aromatic nitrogens is 3. The maximum Gasteiger partial charge on any atom is 0.156 e. The Balaban J connectivity index is 2.75. The van der Waals surface area contributed by atoms with Gasteiger partial charge in [0.1, 0.15) is 0 Å². The Morgan fingerprint density at radius 3 is 3.00 bits per heavy atom. The maximum atomic E-state index is 9.10. The van der Waals surface area contributed by atoms with E-state index in [1.807, 2.05) is 6.92 Å². The molecule has 0 atom stereocenters. The summed E-state index contributed by atoms with van der Waals surface area (Å²) >= 11 is 5.77. The van der Waals surface area contributed by atoms with E-state index in [1.165, 1.54) is 0 Å². The monoisotopic (exact) mass is 211 g/mol. The molecule has 2 aromatic rings. The molecule has 0 bridgehead atoms. The van der Waals surface area contributed by atoms with Crippen LogP contribution < -0.4 is 0 Å². The summed E-state index contributed by atoms with van der Waals surface area (Å²) in [6.07, 6.45) is 2.44. The van der Waals surface area contributed by atoms with Gasteiger partial charge >= 0.3 is 0 Å². The van der Waals surface area contributed by atoms with Crippen LogP contribution in [0.5, 0.6) is 0 Å². The van der Waals surface area contributed by atoms with E-state index in [0.29, 0.717) is 10.8 Å². The van der Waals surface area contributed by atoms with Crippen molar-refractivity contribution in [2.45, 2.75) is 20.0 Å². The number of nitrogens with zero attached hydrogens (tertiary/aromatic N) is 3. The van der Waals surface area contributed by atoms with Crippen LogP contribution in [0.2, 0.25) is 5.15 Å². The van der Waals surface area contributed by atoms with Crippen molar-refractivity contribution in [1.82, 2.24) is 14.6 Å². The second-order valence-corrected chi connectivity index (χ2v) is 3.37. The Morgan fingerprint density at radius 2 is 2.36 bits per heavy atom. The molecule has 0 unspecified atom stereocenters. The number of halogens is 1. The van der Waals surface area contributed by atoms with E-state index in [-0.39, 0.29) is 6.61 Å². The topological polar surface area (TPSA) is 50.4 Å². The summed E-state index contributed by atoms with van der Waals surface area (Å²) in [5.41, 5.74) is 2.45. The summed E-state index contributed by atoms with van der Waals surface area (Å²) < 4.78 is 1.67. The molecule has 0 saturated carbocycles. The first-order chi connectivity index (χ1) is 6.76. The molecule has 4 nitrogen and oxygen atoms in total. The van der Waals surface area contributed by atoms with Gasteiger partial charge in [-0.05, 0) is 6.42 Å². The highest BCUT2D eigenvalue weighted by atomic mass is 35.5. The number of hydrogen-bond donors (Lipinski definition) is 1. The number of aryl methyl sites for hydroxylation is 1. The normalized spacial score (nSPS) is 11.1. The molecule has 74 valence electrons. The molecule has 0 aromatic carbocycles. The Kier molecular flexibility index (Phi) is 2.39. The van der Waals surface area contributed by atoms with Crippen molar-refractivity contribution in [1.29, 1.82) is 0 Å². The van der Waals surface area contributed by atoms with Crippen LogP contribution in [0, 0.1) is 0 Å². The van der Waals surface area contributed by atoms with E-state index in [0.717, 1.165) is 17.7 Å². The lowest BCUT2D eigenvalue weighted by atomic mass is 10.2. The van der Waals surface area contributed by atoms with Crippen LogP contribution in [0.15, 0.2) is 12.3 Å². The van der Waals surface area contributed by atoms with Gasteiger partial charge in [0.25, 0.3) is 0 Å². The number of fused-ring (bicyclic) bond motifs is 1. The molecule has 0 saturated heterocycles. The molecule has 1 N–H and O–H groups in total. The lowest BCUT2D eigenvalue weighted by Crippen LogP contribution is -2.04. The smallest absolute Gasteiger partial charge is 0.156 e. The van der Waals surface area contributed by atoms with E-state index in [1.54, 1.807) is 16.8 Å². The minimum Gasteiger partial charge on any atom is -0.392 e. The van der Waals surface area contributed by atoms with Gasteiger partial charge < -0.3 is 5.11 Å². The van der Waals surface area contributed by atoms with E-state index in [9.17, 15) is 0 Å². The minimum atomic E-state index is -0.0242. The lowest BCUT2D eigenvalue weighted by molar-refractivity contribution is 0.279. The largest absolute Gasteiger partial charge is 0.392 e. The van der Waals surface area contributed by atoms with Gasteiger partial charge in [0, 0.05) is 17.8 Å². The highest BCUT2D eigenvalue weighted by Crippen LogP contribution is 2.15. The summed E-state index contributed by atoms with van der Waals surface area (Å²) in [5.74, 6) is 0.